The van der Waals surface area contributed by atoms with Crippen LogP contribution in [0.2, 0.25) is 0 Å². The maximum absolute atomic E-state index is 13.7. The van der Waals surface area contributed by atoms with Gasteiger partial charge >= 0.3 is 0 Å². The fourth-order valence-corrected chi connectivity index (χ4v) is 2.81. The van der Waals surface area contributed by atoms with Gasteiger partial charge in [-0.15, -0.1) is 0 Å². The highest BCUT2D eigenvalue weighted by molar-refractivity contribution is 6.07. The normalized spacial score (nSPS) is 11.4. The number of hydrogen-bond acceptors (Lipinski definition) is 1. The highest BCUT2D eigenvalue weighted by atomic mass is 19.1. The molecule has 2 heterocycles. The second-order valence-corrected chi connectivity index (χ2v) is 5.34. The van der Waals surface area contributed by atoms with Gasteiger partial charge in [-0.2, -0.15) is 0 Å². The number of halogens is 2. The Labute approximate surface area is 125 Å². The molecule has 1 N–H and O–H groups in total. The van der Waals surface area contributed by atoms with Crippen molar-refractivity contribution in [3.63, 3.8) is 0 Å². The van der Waals surface area contributed by atoms with Gasteiger partial charge in [-0.3, -0.25) is 4.98 Å². The summed E-state index contributed by atoms with van der Waals surface area (Å²) in [5, 5.41) is 2.02. The molecule has 0 spiro atoms. The molecular weight excluding hydrogens is 282 g/mol. The van der Waals surface area contributed by atoms with Gasteiger partial charge in [0.05, 0.1) is 6.20 Å². The van der Waals surface area contributed by atoms with Crippen LogP contribution in [0.1, 0.15) is 11.1 Å². The van der Waals surface area contributed by atoms with Crippen LogP contribution in [0.25, 0.3) is 21.8 Å². The van der Waals surface area contributed by atoms with E-state index in [4.69, 9.17) is 0 Å². The van der Waals surface area contributed by atoms with E-state index < -0.39 is 0 Å². The summed E-state index contributed by atoms with van der Waals surface area (Å²) in [6.07, 6.45) is 3.30. The molecule has 0 saturated carbocycles. The van der Waals surface area contributed by atoms with Crippen LogP contribution in [0, 0.1) is 11.6 Å². The standard InChI is InChI=1S/C18H12F2N2/c19-13-2-4-15-14-3-1-11(8-17(14)22-18(15)9-13)7-12-5-6-21-10-16(12)20/h1-6,8-10,22H,7H2. The van der Waals surface area contributed by atoms with E-state index in [2.05, 4.69) is 9.97 Å². The lowest BCUT2D eigenvalue weighted by Gasteiger charge is -2.03. The van der Waals surface area contributed by atoms with E-state index in [9.17, 15) is 8.78 Å². The van der Waals surface area contributed by atoms with Crippen LogP contribution in [-0.4, -0.2) is 9.97 Å². The molecule has 0 bridgehead atoms. The van der Waals surface area contributed by atoms with Crippen LogP contribution in [0.5, 0.6) is 0 Å². The average molecular weight is 294 g/mol. The van der Waals surface area contributed by atoms with Crippen LogP contribution in [0.3, 0.4) is 0 Å². The molecule has 0 aliphatic rings. The van der Waals surface area contributed by atoms with Crippen LogP contribution in [-0.2, 0) is 6.42 Å². The Balaban J connectivity index is 1.80. The van der Waals surface area contributed by atoms with Crippen LogP contribution < -0.4 is 0 Å². The van der Waals surface area contributed by atoms with Crippen LogP contribution in [0.15, 0.2) is 54.9 Å². The van der Waals surface area contributed by atoms with Gasteiger partial charge in [0, 0.05) is 34.4 Å². The Bertz CT molecular complexity index is 989. The molecule has 108 valence electrons. The Morgan fingerprint density at radius 1 is 0.909 bits per heavy atom. The molecule has 0 amide bonds. The third-order valence-electron chi connectivity index (χ3n) is 3.88. The number of H-pyrrole nitrogens is 1. The molecular formula is C18H12F2N2. The molecule has 0 saturated heterocycles. The Hall–Kier alpha value is -2.75. The summed E-state index contributed by atoms with van der Waals surface area (Å²) in [5.41, 5.74) is 3.29. The molecule has 0 aliphatic heterocycles. The van der Waals surface area contributed by atoms with Crippen molar-refractivity contribution in [1.29, 1.82) is 0 Å². The number of rotatable bonds is 2. The lowest BCUT2D eigenvalue weighted by molar-refractivity contribution is 0.607. The summed E-state index contributed by atoms with van der Waals surface area (Å²) in [4.78, 5) is 6.97. The summed E-state index contributed by atoms with van der Waals surface area (Å²) in [6, 6.07) is 12.3. The smallest absolute Gasteiger partial charge is 0.145 e. The molecule has 2 aromatic carbocycles. The number of fused-ring (bicyclic) bond motifs is 3. The van der Waals surface area contributed by atoms with Gasteiger partial charge in [0.1, 0.15) is 11.6 Å². The van der Waals surface area contributed by atoms with Crippen molar-refractivity contribution in [1.82, 2.24) is 9.97 Å². The summed E-state index contributed by atoms with van der Waals surface area (Å²) >= 11 is 0. The molecule has 0 unspecified atom stereocenters. The molecule has 22 heavy (non-hydrogen) atoms. The average Bonchev–Trinajstić information content (AvgIpc) is 2.86. The minimum Gasteiger partial charge on any atom is -0.354 e. The quantitative estimate of drug-likeness (QED) is 0.575. The minimum absolute atomic E-state index is 0.266. The minimum atomic E-state index is -0.304. The van der Waals surface area contributed by atoms with Crippen molar-refractivity contribution in [2.75, 3.05) is 0 Å². The molecule has 0 atom stereocenters. The van der Waals surface area contributed by atoms with Gasteiger partial charge < -0.3 is 4.98 Å². The Morgan fingerprint density at radius 2 is 1.68 bits per heavy atom. The van der Waals surface area contributed by atoms with Crippen molar-refractivity contribution >= 4 is 21.8 Å². The third-order valence-corrected chi connectivity index (χ3v) is 3.88. The Morgan fingerprint density at radius 3 is 2.50 bits per heavy atom. The van der Waals surface area contributed by atoms with E-state index in [0.717, 1.165) is 27.4 Å². The predicted molar refractivity (Wildman–Crippen MR) is 82.8 cm³/mol. The third kappa shape index (κ3) is 2.13. The number of benzene rings is 2. The number of nitrogens with one attached hydrogen (secondary N) is 1. The monoisotopic (exact) mass is 294 g/mol. The second kappa shape index (κ2) is 4.91. The van der Waals surface area contributed by atoms with E-state index in [1.165, 1.54) is 18.3 Å². The van der Waals surface area contributed by atoms with Crippen molar-refractivity contribution in [2.24, 2.45) is 0 Å². The van der Waals surface area contributed by atoms with Crippen molar-refractivity contribution in [3.8, 4) is 0 Å². The van der Waals surface area contributed by atoms with Crippen molar-refractivity contribution in [3.05, 3.63) is 77.6 Å². The van der Waals surface area contributed by atoms with Gasteiger partial charge in [0.15, 0.2) is 0 Å². The van der Waals surface area contributed by atoms with Gasteiger partial charge in [-0.05, 0) is 41.5 Å². The number of pyridine rings is 1. The largest absolute Gasteiger partial charge is 0.354 e. The van der Waals surface area contributed by atoms with Crippen LogP contribution in [0.4, 0.5) is 8.78 Å². The number of aromatic amines is 1. The predicted octanol–water partition coefficient (Wildman–Crippen LogP) is 4.59. The lowest BCUT2D eigenvalue weighted by atomic mass is 10.0. The summed E-state index contributed by atoms with van der Waals surface area (Å²) in [7, 11) is 0. The zero-order valence-electron chi connectivity index (χ0n) is 11.6. The highest BCUT2D eigenvalue weighted by Crippen LogP contribution is 2.27. The topological polar surface area (TPSA) is 28.7 Å². The number of nitrogens with zero attached hydrogens (tertiary/aromatic N) is 1. The van der Waals surface area contributed by atoms with E-state index in [0.29, 0.717) is 12.0 Å². The summed E-state index contributed by atoms with van der Waals surface area (Å²) in [5.74, 6) is -0.570. The SMILES string of the molecule is Fc1ccc2c(c1)[nH]c1cc(Cc3ccncc3F)ccc12. The summed E-state index contributed by atoms with van der Waals surface area (Å²) in [6.45, 7) is 0. The number of aromatic nitrogens is 2. The fraction of sp³-hybridized carbons (Fsp3) is 0.0556. The molecule has 4 heteroatoms. The van der Waals surface area contributed by atoms with E-state index in [1.54, 1.807) is 18.3 Å². The Kier molecular flexibility index (Phi) is 2.89. The highest BCUT2D eigenvalue weighted by Gasteiger charge is 2.08. The maximum Gasteiger partial charge on any atom is 0.145 e. The molecule has 0 radical (unpaired) electrons. The zero-order chi connectivity index (χ0) is 15.1. The fourth-order valence-electron chi connectivity index (χ4n) is 2.81. The maximum atomic E-state index is 13.7. The van der Waals surface area contributed by atoms with Gasteiger partial charge in [-0.25, -0.2) is 8.78 Å². The molecule has 2 nitrogen and oxygen atoms in total. The molecule has 0 aliphatic carbocycles. The lowest BCUT2D eigenvalue weighted by Crippen LogP contribution is -1.93. The van der Waals surface area contributed by atoms with Crippen molar-refractivity contribution in [2.45, 2.75) is 6.42 Å². The summed E-state index contributed by atoms with van der Waals surface area (Å²) < 4.78 is 27.0. The molecule has 0 fully saturated rings. The first-order valence-corrected chi connectivity index (χ1v) is 6.99. The van der Waals surface area contributed by atoms with Crippen LogP contribution >= 0.6 is 0 Å². The van der Waals surface area contributed by atoms with E-state index >= 15 is 0 Å². The van der Waals surface area contributed by atoms with E-state index in [-0.39, 0.29) is 11.6 Å². The zero-order valence-corrected chi connectivity index (χ0v) is 11.6. The number of hydrogen-bond donors (Lipinski definition) is 1. The van der Waals surface area contributed by atoms with Crippen molar-refractivity contribution < 1.29 is 8.78 Å². The van der Waals surface area contributed by atoms with Gasteiger partial charge in [-0.1, -0.05) is 12.1 Å². The molecule has 4 aromatic rings. The first-order valence-electron chi connectivity index (χ1n) is 6.99. The first kappa shape index (κ1) is 13.0. The van der Waals surface area contributed by atoms with E-state index in [1.807, 2.05) is 18.2 Å². The first-order chi connectivity index (χ1) is 10.7. The van der Waals surface area contributed by atoms with Gasteiger partial charge in [0.25, 0.3) is 0 Å². The molecule has 4 rings (SSSR count). The second-order valence-electron chi connectivity index (χ2n) is 5.34. The molecule has 2 aromatic heterocycles. The van der Waals surface area contributed by atoms with Gasteiger partial charge in [0.2, 0.25) is 0 Å².